The number of ether oxygens (including phenoxy) is 1. The highest BCUT2D eigenvalue weighted by molar-refractivity contribution is 9.10. The first-order chi connectivity index (χ1) is 13.4. The summed E-state index contributed by atoms with van der Waals surface area (Å²) < 4.78 is 6.46. The van der Waals surface area contributed by atoms with E-state index in [0.717, 1.165) is 17.3 Å². The number of nitrogens with one attached hydrogen (secondary N) is 2. The van der Waals surface area contributed by atoms with Crippen LogP contribution in [0.3, 0.4) is 0 Å². The Labute approximate surface area is 175 Å². The fraction of sp³-hybridized carbons (Fsp3) is 0.364. The summed E-state index contributed by atoms with van der Waals surface area (Å²) in [5.41, 5.74) is 2.30. The van der Waals surface area contributed by atoms with Gasteiger partial charge >= 0.3 is 0 Å². The van der Waals surface area contributed by atoms with Crippen LogP contribution in [0.5, 0.6) is 5.75 Å². The number of anilines is 1. The lowest BCUT2D eigenvalue weighted by Crippen LogP contribution is -2.24. The summed E-state index contributed by atoms with van der Waals surface area (Å²) in [6.07, 6.45) is 1.93. The van der Waals surface area contributed by atoms with Crippen LogP contribution < -0.4 is 15.4 Å². The zero-order valence-corrected chi connectivity index (χ0v) is 18.1. The lowest BCUT2D eigenvalue weighted by molar-refractivity contribution is -0.118. The van der Waals surface area contributed by atoms with Crippen molar-refractivity contribution in [1.82, 2.24) is 5.32 Å². The average Bonchev–Trinajstić information content (AvgIpc) is 2.70. The summed E-state index contributed by atoms with van der Waals surface area (Å²) >= 11 is 3.51. The van der Waals surface area contributed by atoms with E-state index in [1.807, 2.05) is 25.1 Å². The predicted octanol–water partition coefficient (Wildman–Crippen LogP) is 5.12. The molecule has 1 atom stereocenters. The maximum Gasteiger partial charge on any atom is 0.262 e. The number of amides is 2. The van der Waals surface area contributed by atoms with Crippen molar-refractivity contribution in [3.8, 4) is 5.75 Å². The van der Waals surface area contributed by atoms with Crippen LogP contribution in [0.15, 0.2) is 46.9 Å². The Balaban J connectivity index is 1.93. The third kappa shape index (κ3) is 6.37. The molecule has 0 saturated carbocycles. The van der Waals surface area contributed by atoms with E-state index in [0.29, 0.717) is 29.5 Å². The topological polar surface area (TPSA) is 67.4 Å². The third-order valence-corrected chi connectivity index (χ3v) is 5.06. The summed E-state index contributed by atoms with van der Waals surface area (Å²) in [5, 5.41) is 5.58. The number of rotatable bonds is 9. The highest BCUT2D eigenvalue weighted by atomic mass is 79.9. The largest absolute Gasteiger partial charge is 0.483 e. The van der Waals surface area contributed by atoms with Gasteiger partial charge in [-0.1, -0.05) is 32.9 Å². The van der Waals surface area contributed by atoms with E-state index >= 15 is 0 Å². The zero-order valence-electron chi connectivity index (χ0n) is 16.5. The van der Waals surface area contributed by atoms with Gasteiger partial charge in [0.2, 0.25) is 0 Å². The molecule has 2 rings (SSSR count). The molecule has 0 heterocycles. The van der Waals surface area contributed by atoms with Gasteiger partial charge in [0, 0.05) is 17.8 Å². The second-order valence-corrected chi connectivity index (χ2v) is 7.53. The summed E-state index contributed by atoms with van der Waals surface area (Å²) in [6.45, 7) is 6.82. The van der Waals surface area contributed by atoms with Crippen LogP contribution in [-0.4, -0.2) is 25.0 Å². The molecule has 2 amide bonds. The number of hydrogen-bond donors (Lipinski definition) is 2. The molecule has 6 heteroatoms. The van der Waals surface area contributed by atoms with E-state index in [-0.39, 0.29) is 18.4 Å². The molecule has 5 nitrogen and oxygen atoms in total. The number of carbonyl (C=O) groups is 2. The van der Waals surface area contributed by atoms with Crippen molar-refractivity contribution in [3.05, 3.63) is 58.1 Å². The molecule has 0 aliphatic heterocycles. The molecule has 2 N–H and O–H groups in total. The van der Waals surface area contributed by atoms with Crippen molar-refractivity contribution in [2.24, 2.45) is 0 Å². The summed E-state index contributed by atoms with van der Waals surface area (Å²) in [5.74, 6) is 0.647. The standard InChI is InChI=1S/C22H27BrN2O3/c1-4-11-24-22(27)17-7-6-8-18(12-17)25-21(26)14-28-20-10-9-16(13-19(20)23)15(3)5-2/h6-10,12-13,15H,4-5,11,14H2,1-3H3,(H,24,27)(H,25,26). The van der Waals surface area contributed by atoms with Gasteiger partial charge in [-0.25, -0.2) is 0 Å². The molecule has 150 valence electrons. The summed E-state index contributed by atoms with van der Waals surface area (Å²) in [7, 11) is 0. The molecule has 0 saturated heterocycles. The quantitative estimate of drug-likeness (QED) is 0.561. The average molecular weight is 447 g/mol. The van der Waals surface area contributed by atoms with Crippen LogP contribution >= 0.6 is 15.9 Å². The Morgan fingerprint density at radius 1 is 1.14 bits per heavy atom. The molecular weight excluding hydrogens is 420 g/mol. The number of halogens is 1. The van der Waals surface area contributed by atoms with Gasteiger partial charge in [0.1, 0.15) is 5.75 Å². The first kappa shape index (κ1) is 22.0. The van der Waals surface area contributed by atoms with Gasteiger partial charge in [-0.3, -0.25) is 9.59 Å². The molecule has 0 aliphatic rings. The highest BCUT2D eigenvalue weighted by Crippen LogP contribution is 2.30. The first-order valence-corrected chi connectivity index (χ1v) is 10.3. The number of carbonyl (C=O) groups excluding carboxylic acids is 2. The maximum atomic E-state index is 12.2. The fourth-order valence-corrected chi connectivity index (χ4v) is 3.11. The number of hydrogen-bond acceptors (Lipinski definition) is 3. The SMILES string of the molecule is CCCNC(=O)c1cccc(NC(=O)COc2ccc(C(C)CC)cc2Br)c1. The molecule has 2 aromatic rings. The maximum absolute atomic E-state index is 12.2. The van der Waals surface area contributed by atoms with Crippen molar-refractivity contribution in [1.29, 1.82) is 0 Å². The van der Waals surface area contributed by atoms with Crippen LogP contribution in [0, 0.1) is 0 Å². The van der Waals surface area contributed by atoms with Gasteiger partial charge in [0.15, 0.2) is 6.61 Å². The molecular formula is C22H27BrN2O3. The van der Waals surface area contributed by atoms with E-state index in [4.69, 9.17) is 4.74 Å². The summed E-state index contributed by atoms with van der Waals surface area (Å²) in [6, 6.07) is 12.8. The van der Waals surface area contributed by atoms with Crippen LogP contribution in [0.4, 0.5) is 5.69 Å². The van der Waals surface area contributed by atoms with Gasteiger partial charge in [-0.15, -0.1) is 0 Å². The van der Waals surface area contributed by atoms with E-state index < -0.39 is 0 Å². The Bertz CT molecular complexity index is 823. The van der Waals surface area contributed by atoms with Gasteiger partial charge in [0.25, 0.3) is 11.8 Å². The Kier molecular flexibility index (Phi) is 8.51. The molecule has 0 radical (unpaired) electrons. The van der Waals surface area contributed by atoms with Crippen LogP contribution in [0.25, 0.3) is 0 Å². The van der Waals surface area contributed by atoms with Gasteiger partial charge in [0.05, 0.1) is 4.47 Å². The summed E-state index contributed by atoms with van der Waals surface area (Å²) in [4.78, 5) is 24.3. The zero-order chi connectivity index (χ0) is 20.5. The van der Waals surface area contributed by atoms with Gasteiger partial charge in [-0.05, 0) is 70.6 Å². The molecule has 28 heavy (non-hydrogen) atoms. The minimum absolute atomic E-state index is 0.118. The monoisotopic (exact) mass is 446 g/mol. The van der Waals surface area contributed by atoms with E-state index in [1.165, 1.54) is 5.56 Å². The minimum Gasteiger partial charge on any atom is -0.483 e. The first-order valence-electron chi connectivity index (χ1n) is 9.55. The van der Waals surface area contributed by atoms with E-state index in [2.05, 4.69) is 40.4 Å². The molecule has 0 bridgehead atoms. The van der Waals surface area contributed by atoms with Crippen LogP contribution in [0.1, 0.15) is 55.5 Å². The molecule has 0 aliphatic carbocycles. The van der Waals surface area contributed by atoms with Gasteiger partial charge < -0.3 is 15.4 Å². The van der Waals surface area contributed by atoms with Crippen LogP contribution in [0.2, 0.25) is 0 Å². The molecule has 1 unspecified atom stereocenters. The Morgan fingerprint density at radius 3 is 2.61 bits per heavy atom. The van der Waals surface area contributed by atoms with Crippen molar-refractivity contribution >= 4 is 33.4 Å². The highest BCUT2D eigenvalue weighted by Gasteiger charge is 2.11. The molecule has 2 aromatic carbocycles. The second kappa shape index (κ2) is 10.9. The van der Waals surface area contributed by atoms with Crippen molar-refractivity contribution in [3.63, 3.8) is 0 Å². The molecule has 0 aromatic heterocycles. The Hall–Kier alpha value is -2.34. The second-order valence-electron chi connectivity index (χ2n) is 6.67. The van der Waals surface area contributed by atoms with Crippen molar-refractivity contribution < 1.29 is 14.3 Å². The fourth-order valence-electron chi connectivity index (χ4n) is 2.60. The lowest BCUT2D eigenvalue weighted by Gasteiger charge is -2.13. The predicted molar refractivity (Wildman–Crippen MR) is 116 cm³/mol. The smallest absolute Gasteiger partial charge is 0.262 e. The normalized spacial score (nSPS) is 11.6. The van der Waals surface area contributed by atoms with Crippen molar-refractivity contribution in [2.45, 2.75) is 39.5 Å². The van der Waals surface area contributed by atoms with Crippen LogP contribution in [-0.2, 0) is 4.79 Å². The van der Waals surface area contributed by atoms with Crippen molar-refractivity contribution in [2.75, 3.05) is 18.5 Å². The molecule has 0 fully saturated rings. The third-order valence-electron chi connectivity index (χ3n) is 4.44. The number of benzene rings is 2. The van der Waals surface area contributed by atoms with E-state index in [1.54, 1.807) is 24.3 Å². The van der Waals surface area contributed by atoms with Gasteiger partial charge in [-0.2, -0.15) is 0 Å². The molecule has 0 spiro atoms. The van der Waals surface area contributed by atoms with E-state index in [9.17, 15) is 9.59 Å². The lowest BCUT2D eigenvalue weighted by atomic mass is 9.99. The minimum atomic E-state index is -0.288. The Morgan fingerprint density at radius 2 is 1.93 bits per heavy atom.